The van der Waals surface area contributed by atoms with Gasteiger partial charge in [0.05, 0.1) is 27.9 Å². The van der Waals surface area contributed by atoms with Gasteiger partial charge in [-0.1, -0.05) is 47.5 Å². The predicted molar refractivity (Wildman–Crippen MR) is 173 cm³/mol. The third-order valence-corrected chi connectivity index (χ3v) is 9.69. The molecule has 7 rings (SSSR count). The first kappa shape index (κ1) is 32.3. The van der Waals surface area contributed by atoms with Gasteiger partial charge in [0, 0.05) is 54.3 Å². The van der Waals surface area contributed by atoms with Gasteiger partial charge in [0.1, 0.15) is 5.82 Å². The maximum Gasteiger partial charge on any atom is 0.294 e. The van der Waals surface area contributed by atoms with E-state index in [1.165, 1.54) is 36.2 Å². The lowest BCUT2D eigenvalue weighted by Crippen LogP contribution is -2.52. The number of fused-ring (bicyclic) bond motifs is 2. The van der Waals surface area contributed by atoms with Crippen LogP contribution in [-0.4, -0.2) is 78.5 Å². The number of aromatic amines is 1. The number of nitrogens with one attached hydrogen (secondary N) is 1. The van der Waals surface area contributed by atoms with Crippen molar-refractivity contribution < 1.29 is 25.9 Å². The fourth-order valence-electron chi connectivity index (χ4n) is 5.45. The van der Waals surface area contributed by atoms with Gasteiger partial charge in [-0.3, -0.25) is 14.1 Å². The van der Waals surface area contributed by atoms with E-state index >= 15 is 0 Å². The molecule has 3 aromatic carbocycles. The minimum Gasteiger partial charge on any atom is -0.361 e. The second-order valence-electron chi connectivity index (χ2n) is 11.3. The van der Waals surface area contributed by atoms with Crippen LogP contribution in [0.5, 0.6) is 0 Å². The van der Waals surface area contributed by atoms with Gasteiger partial charge in [0.2, 0.25) is 0 Å². The molecule has 236 valence electrons. The molecule has 0 spiro atoms. The van der Waals surface area contributed by atoms with E-state index in [4.69, 9.17) is 14.1 Å². The Morgan fingerprint density at radius 1 is 0.778 bits per heavy atom. The van der Waals surface area contributed by atoms with Gasteiger partial charge in [-0.15, -0.1) is 0 Å². The summed E-state index contributed by atoms with van der Waals surface area (Å²) in [6, 6.07) is 21.0. The minimum absolute atomic E-state index is 0.0666. The first-order chi connectivity index (χ1) is 21.3. The van der Waals surface area contributed by atoms with Crippen LogP contribution in [0, 0.1) is 19.8 Å². The Morgan fingerprint density at radius 3 is 1.91 bits per heavy atom. The molecule has 0 radical (unpaired) electrons. The van der Waals surface area contributed by atoms with Gasteiger partial charge in [0.25, 0.3) is 20.2 Å². The van der Waals surface area contributed by atoms with Crippen molar-refractivity contribution in [2.24, 2.45) is 5.92 Å². The van der Waals surface area contributed by atoms with Crippen LogP contribution in [0.1, 0.15) is 11.1 Å². The van der Waals surface area contributed by atoms with E-state index < -0.39 is 20.2 Å². The van der Waals surface area contributed by atoms with E-state index in [1.54, 1.807) is 24.3 Å². The first-order valence-electron chi connectivity index (χ1n) is 14.2. The summed E-state index contributed by atoms with van der Waals surface area (Å²) in [4.78, 5) is 17.3. The first-order valence-corrected chi connectivity index (χ1v) is 17.1. The number of hydrogen-bond donors (Lipinski definition) is 3. The molecule has 0 unspecified atom stereocenters. The molecule has 0 saturated carbocycles. The molecule has 5 aromatic rings. The van der Waals surface area contributed by atoms with Gasteiger partial charge in [-0.2, -0.15) is 16.8 Å². The summed E-state index contributed by atoms with van der Waals surface area (Å²) in [5.41, 5.74) is 5.13. The number of nitrogens with zero attached hydrogens (tertiary/aromatic N) is 4. The van der Waals surface area contributed by atoms with Gasteiger partial charge in [0.15, 0.2) is 0 Å². The Bertz CT molecular complexity index is 1920. The highest BCUT2D eigenvalue weighted by Crippen LogP contribution is 2.34. The fraction of sp³-hybridized carbons (Fsp3) is 0.250. The van der Waals surface area contributed by atoms with E-state index in [9.17, 15) is 16.8 Å². The zero-order chi connectivity index (χ0) is 32.4. The van der Waals surface area contributed by atoms with Gasteiger partial charge < -0.3 is 14.8 Å². The highest BCUT2D eigenvalue weighted by Gasteiger charge is 2.43. The van der Waals surface area contributed by atoms with Crippen molar-refractivity contribution in [1.82, 2.24) is 19.9 Å². The molecule has 2 fully saturated rings. The summed E-state index contributed by atoms with van der Waals surface area (Å²) in [6.07, 6.45) is 5.73. The van der Waals surface area contributed by atoms with Crippen LogP contribution in [0.2, 0.25) is 0 Å². The smallest absolute Gasteiger partial charge is 0.294 e. The number of benzene rings is 3. The van der Waals surface area contributed by atoms with Crippen LogP contribution in [0.4, 0.5) is 5.82 Å². The monoisotopic (exact) mass is 649 g/mol. The predicted octanol–water partition coefficient (Wildman–Crippen LogP) is 4.86. The quantitative estimate of drug-likeness (QED) is 0.230. The van der Waals surface area contributed by atoms with Crippen molar-refractivity contribution in [2.45, 2.75) is 29.7 Å². The molecule has 0 amide bonds. The standard InChI is InChI=1S/C18H19N5.2C7H8O3S/c1-22-9-12-10-23(11-17(12)22)18-8-19-7-16(21-18)13-3-2-4-15-14(13)5-6-20-15;2*1-6-2-4-7(5-3-6)11(8,9)10/h2-8,12,17,20H,9-11H2,1H3;2*2-5H,1H3,(H,8,9,10)/t12-,17+;;/m0../s1. The molecule has 2 atom stereocenters. The van der Waals surface area contributed by atoms with Crippen LogP contribution in [-0.2, 0) is 20.2 Å². The topological polar surface area (TPSA) is 157 Å². The second-order valence-corrected chi connectivity index (χ2v) is 14.1. The summed E-state index contributed by atoms with van der Waals surface area (Å²) < 4.78 is 59.1. The molecule has 13 heteroatoms. The molecular weight excluding hydrogens is 615 g/mol. The van der Waals surface area contributed by atoms with Crippen molar-refractivity contribution >= 4 is 37.0 Å². The number of H-pyrrole nitrogens is 1. The third-order valence-electron chi connectivity index (χ3n) is 7.95. The Hall–Kier alpha value is -4.14. The summed E-state index contributed by atoms with van der Waals surface area (Å²) in [7, 11) is -5.83. The largest absolute Gasteiger partial charge is 0.361 e. The third kappa shape index (κ3) is 7.75. The molecule has 0 bridgehead atoms. The molecule has 2 aliphatic heterocycles. The molecule has 2 aliphatic rings. The average Bonchev–Trinajstić information content (AvgIpc) is 3.62. The Labute approximate surface area is 263 Å². The lowest BCUT2D eigenvalue weighted by Gasteiger charge is -2.40. The zero-order valence-corrected chi connectivity index (χ0v) is 26.7. The fourth-order valence-corrected chi connectivity index (χ4v) is 6.41. The number of rotatable bonds is 4. The average molecular weight is 650 g/mol. The van der Waals surface area contributed by atoms with Crippen LogP contribution in [0.25, 0.3) is 22.2 Å². The molecule has 45 heavy (non-hydrogen) atoms. The number of aryl methyl sites for hydroxylation is 2. The second kappa shape index (κ2) is 13.1. The van der Waals surface area contributed by atoms with Crippen LogP contribution in [0.15, 0.2) is 101 Å². The van der Waals surface area contributed by atoms with E-state index in [0.717, 1.165) is 52.7 Å². The Balaban J connectivity index is 0.000000153. The van der Waals surface area contributed by atoms with E-state index in [2.05, 4.69) is 51.1 Å². The summed E-state index contributed by atoms with van der Waals surface area (Å²) in [5, 5.41) is 1.19. The lowest BCUT2D eigenvalue weighted by atomic mass is 9.93. The lowest BCUT2D eigenvalue weighted by molar-refractivity contribution is 0.0827. The summed E-state index contributed by atoms with van der Waals surface area (Å²) in [5.74, 6) is 1.79. The normalized spacial score (nSPS) is 17.8. The number of likely N-dealkylation sites (tertiary alicyclic amines) is 1. The molecule has 3 N–H and O–H groups in total. The SMILES string of the molecule is CN1C[C@H]2CN(c3cncc(-c4cccc5[nH]ccc45)n3)C[C@H]21.Cc1ccc(S(=O)(=O)O)cc1.Cc1ccc(S(=O)(=O)O)cc1. The molecule has 11 nitrogen and oxygen atoms in total. The van der Waals surface area contributed by atoms with Crippen LogP contribution >= 0.6 is 0 Å². The maximum atomic E-state index is 10.5. The summed E-state index contributed by atoms with van der Waals surface area (Å²) >= 11 is 0. The Kier molecular flexibility index (Phi) is 9.37. The van der Waals surface area contributed by atoms with E-state index in [1.807, 2.05) is 32.4 Å². The minimum atomic E-state index is -4.02. The van der Waals surface area contributed by atoms with Crippen molar-refractivity contribution in [3.8, 4) is 11.3 Å². The van der Waals surface area contributed by atoms with Crippen LogP contribution < -0.4 is 4.90 Å². The molecule has 2 aromatic heterocycles. The Morgan fingerprint density at radius 2 is 1.38 bits per heavy atom. The van der Waals surface area contributed by atoms with E-state index in [0.29, 0.717) is 6.04 Å². The number of hydrogen-bond acceptors (Lipinski definition) is 8. The zero-order valence-electron chi connectivity index (χ0n) is 25.1. The molecule has 2 saturated heterocycles. The van der Waals surface area contributed by atoms with Crippen LogP contribution in [0.3, 0.4) is 0 Å². The molecule has 0 aliphatic carbocycles. The van der Waals surface area contributed by atoms with Crippen molar-refractivity contribution in [3.05, 3.63) is 103 Å². The number of anilines is 1. The molecule has 4 heterocycles. The van der Waals surface area contributed by atoms with Crippen molar-refractivity contribution in [2.75, 3.05) is 31.6 Å². The highest BCUT2D eigenvalue weighted by atomic mass is 32.2. The number of aromatic nitrogens is 3. The number of likely N-dealkylation sites (N-methyl/N-ethyl adjacent to an activating group) is 1. The van der Waals surface area contributed by atoms with Gasteiger partial charge in [-0.25, -0.2) is 4.98 Å². The van der Waals surface area contributed by atoms with Gasteiger partial charge >= 0.3 is 0 Å². The highest BCUT2D eigenvalue weighted by molar-refractivity contribution is 7.86. The van der Waals surface area contributed by atoms with E-state index in [-0.39, 0.29) is 9.79 Å². The van der Waals surface area contributed by atoms with Crippen molar-refractivity contribution in [1.29, 1.82) is 0 Å². The maximum absolute atomic E-state index is 10.5. The molecular formula is C32H35N5O6S2. The summed E-state index contributed by atoms with van der Waals surface area (Å²) in [6.45, 7) is 7.05. The van der Waals surface area contributed by atoms with Gasteiger partial charge in [-0.05, 0) is 57.3 Å². The van der Waals surface area contributed by atoms with Crippen molar-refractivity contribution in [3.63, 3.8) is 0 Å².